The van der Waals surface area contributed by atoms with Gasteiger partial charge in [-0.2, -0.15) is 0 Å². The van der Waals surface area contributed by atoms with Gasteiger partial charge in [-0.15, -0.1) is 0 Å². The van der Waals surface area contributed by atoms with E-state index in [0.717, 1.165) is 12.8 Å². The van der Waals surface area contributed by atoms with E-state index in [4.69, 9.17) is 0 Å². The Kier molecular flexibility index (Phi) is 9.57. The van der Waals surface area contributed by atoms with Gasteiger partial charge in [0.1, 0.15) is 0 Å². The molecule has 0 saturated carbocycles. The fourth-order valence-corrected chi connectivity index (χ4v) is 10.2. The molecule has 1 aliphatic carbocycles. The van der Waals surface area contributed by atoms with Crippen LogP contribution in [0.25, 0.3) is 35.4 Å². The van der Waals surface area contributed by atoms with Crippen molar-refractivity contribution in [3.05, 3.63) is 179 Å². The third kappa shape index (κ3) is 6.94. The van der Waals surface area contributed by atoms with Crippen LogP contribution < -0.4 is 17.8 Å². The van der Waals surface area contributed by atoms with E-state index in [1.807, 2.05) is 0 Å². The van der Waals surface area contributed by atoms with Crippen LogP contribution in [0.3, 0.4) is 0 Å². The van der Waals surface area contributed by atoms with Gasteiger partial charge in [0, 0.05) is 0 Å². The molecule has 2 heteroatoms. The molecule has 0 N–H and O–H groups in total. The van der Waals surface area contributed by atoms with Gasteiger partial charge in [-0.25, -0.2) is 0 Å². The van der Waals surface area contributed by atoms with Crippen molar-refractivity contribution < 1.29 is 0 Å². The Morgan fingerprint density at radius 2 is 0.745 bits per heavy atom. The summed E-state index contributed by atoms with van der Waals surface area (Å²) in [4.78, 5) is 0. The van der Waals surface area contributed by atoms with Crippen molar-refractivity contribution in [2.45, 2.75) is 32.1 Å². The summed E-state index contributed by atoms with van der Waals surface area (Å²) in [5.41, 5.74) is 10.7. The van der Waals surface area contributed by atoms with Gasteiger partial charge in [0.2, 0.25) is 0 Å². The summed E-state index contributed by atoms with van der Waals surface area (Å²) in [5, 5.41) is 0. The van der Waals surface area contributed by atoms with Gasteiger partial charge in [0.25, 0.3) is 0 Å². The number of fused-ring (bicyclic) bond motifs is 3. The number of benzene rings is 6. The van der Waals surface area contributed by atoms with Gasteiger partial charge in [0.05, 0.1) is 0 Å². The normalized spacial score (nSPS) is 13.2. The summed E-state index contributed by atoms with van der Waals surface area (Å²) in [7, 11) is 0. The van der Waals surface area contributed by atoms with E-state index in [-0.39, 0.29) is 5.41 Å². The van der Waals surface area contributed by atoms with Crippen molar-refractivity contribution in [3.63, 3.8) is 0 Å². The maximum atomic E-state index is 2.44. The third-order valence-electron chi connectivity index (χ3n) is 9.27. The van der Waals surface area contributed by atoms with E-state index in [2.05, 4.69) is 184 Å². The summed E-state index contributed by atoms with van der Waals surface area (Å²) >= 11 is 0.680. The molecule has 0 aromatic heterocycles. The van der Waals surface area contributed by atoms with E-state index in [0.29, 0.717) is 29.9 Å². The minimum absolute atomic E-state index is 0.0285. The van der Waals surface area contributed by atoms with Crippen LogP contribution in [-0.2, 0) is 5.41 Å². The van der Waals surface area contributed by atoms with Crippen LogP contribution in [-0.4, -0.2) is 29.9 Å². The molecule has 0 fully saturated rings. The molecule has 0 heterocycles. The van der Waals surface area contributed by atoms with Crippen LogP contribution in [0, 0.1) is 0 Å². The van der Waals surface area contributed by atoms with Gasteiger partial charge in [-0.05, 0) is 0 Å². The standard InChI is InChI=1S/C45H38Se2/c1-3-45(4-2)43-31-35(17-15-33-19-25-39(26-20-33)46-37-11-7-5-8-12-37)23-29-41(43)42-30-24-36(32-44(42)45)18-16-34-21-27-40(28-22-34)47-38-13-9-6-10-14-38/h5-32H,3-4H2,1-2H3/b17-15+,18-16+. The van der Waals surface area contributed by atoms with E-state index in [1.165, 1.54) is 62.4 Å². The monoisotopic (exact) mass is 738 g/mol. The molecule has 0 saturated heterocycles. The summed E-state index contributed by atoms with van der Waals surface area (Å²) in [6, 6.07) is 53.8. The number of hydrogen-bond donors (Lipinski definition) is 0. The summed E-state index contributed by atoms with van der Waals surface area (Å²) in [6.07, 6.45) is 11.2. The van der Waals surface area contributed by atoms with Gasteiger partial charge in [-0.3, -0.25) is 0 Å². The van der Waals surface area contributed by atoms with Crippen LogP contribution in [0.5, 0.6) is 0 Å². The van der Waals surface area contributed by atoms with Crippen molar-refractivity contribution in [2.75, 3.05) is 0 Å². The molecule has 7 rings (SSSR count). The Balaban J connectivity index is 1.08. The molecule has 0 amide bonds. The van der Waals surface area contributed by atoms with Crippen molar-refractivity contribution in [3.8, 4) is 11.1 Å². The van der Waals surface area contributed by atoms with Crippen molar-refractivity contribution >= 4 is 72.1 Å². The molecule has 6 aromatic rings. The van der Waals surface area contributed by atoms with Crippen LogP contribution in [0.15, 0.2) is 146 Å². The van der Waals surface area contributed by atoms with Gasteiger partial charge < -0.3 is 0 Å². The fraction of sp³-hybridized carbons (Fsp3) is 0.111. The molecule has 0 radical (unpaired) electrons. The molecule has 0 atom stereocenters. The molecule has 6 aromatic carbocycles. The zero-order valence-electron chi connectivity index (χ0n) is 26.9. The SMILES string of the molecule is CCC1(CC)c2cc(/C=C/c3ccc([Se]c4ccccc4)cc3)ccc2-c2ccc(/C=C/c3ccc([Se]c4ccccc4)cc3)cc21. The van der Waals surface area contributed by atoms with Crippen molar-refractivity contribution in [1.82, 2.24) is 0 Å². The first-order valence-electron chi connectivity index (χ1n) is 16.4. The first-order valence-corrected chi connectivity index (χ1v) is 19.9. The van der Waals surface area contributed by atoms with Crippen LogP contribution in [0.2, 0.25) is 0 Å². The first-order chi connectivity index (χ1) is 23.1. The first kappa shape index (κ1) is 31.4. The maximum absolute atomic E-state index is 2.44. The van der Waals surface area contributed by atoms with Gasteiger partial charge in [0.15, 0.2) is 0 Å². The topological polar surface area (TPSA) is 0 Å². The molecule has 0 spiro atoms. The Morgan fingerprint density at radius 3 is 1.13 bits per heavy atom. The predicted molar refractivity (Wildman–Crippen MR) is 207 cm³/mol. The molecule has 0 nitrogen and oxygen atoms in total. The van der Waals surface area contributed by atoms with E-state index < -0.39 is 0 Å². The Morgan fingerprint density at radius 1 is 0.404 bits per heavy atom. The number of hydrogen-bond acceptors (Lipinski definition) is 0. The Hall–Kier alpha value is -4.16. The second-order valence-corrected chi connectivity index (χ2v) is 16.8. The van der Waals surface area contributed by atoms with Crippen LogP contribution in [0.4, 0.5) is 0 Å². The van der Waals surface area contributed by atoms with E-state index in [9.17, 15) is 0 Å². The van der Waals surface area contributed by atoms with E-state index in [1.54, 1.807) is 0 Å². The molecular formula is C45H38Se2. The average molecular weight is 737 g/mol. The minimum atomic E-state index is 0.0285. The average Bonchev–Trinajstić information content (AvgIpc) is 3.40. The van der Waals surface area contributed by atoms with Gasteiger partial charge in [-0.1, -0.05) is 0 Å². The van der Waals surface area contributed by atoms with Crippen LogP contribution >= 0.6 is 0 Å². The molecule has 1 aliphatic rings. The molecule has 47 heavy (non-hydrogen) atoms. The second-order valence-electron chi connectivity index (χ2n) is 12.0. The predicted octanol–water partition coefficient (Wildman–Crippen LogP) is 8.42. The zero-order valence-corrected chi connectivity index (χ0v) is 30.3. The molecule has 230 valence electrons. The Labute approximate surface area is 292 Å². The molecular weight excluding hydrogens is 698 g/mol. The summed E-state index contributed by atoms with van der Waals surface area (Å²) in [6.45, 7) is 4.70. The number of rotatable bonds is 10. The molecule has 0 bridgehead atoms. The van der Waals surface area contributed by atoms with Crippen molar-refractivity contribution in [1.29, 1.82) is 0 Å². The summed E-state index contributed by atoms with van der Waals surface area (Å²) < 4.78 is 5.62. The van der Waals surface area contributed by atoms with Crippen LogP contribution in [0.1, 0.15) is 60.1 Å². The van der Waals surface area contributed by atoms with Gasteiger partial charge >= 0.3 is 294 Å². The zero-order chi connectivity index (χ0) is 32.1. The molecule has 0 aliphatic heterocycles. The Bertz CT molecular complexity index is 1870. The second kappa shape index (κ2) is 14.3. The third-order valence-corrected chi connectivity index (χ3v) is 13.5. The van der Waals surface area contributed by atoms with E-state index >= 15 is 0 Å². The quantitative estimate of drug-likeness (QED) is 0.0980. The van der Waals surface area contributed by atoms with Crippen molar-refractivity contribution in [2.24, 2.45) is 0 Å². The molecule has 0 unspecified atom stereocenters. The fourth-order valence-electron chi connectivity index (χ4n) is 6.68. The summed E-state index contributed by atoms with van der Waals surface area (Å²) in [5.74, 6) is 0.